The van der Waals surface area contributed by atoms with E-state index in [9.17, 15) is 4.79 Å². The first-order valence-electron chi connectivity index (χ1n) is 8.17. The molecule has 3 nitrogen and oxygen atoms in total. The number of ether oxygens (including phenoxy) is 1. The van der Waals surface area contributed by atoms with Gasteiger partial charge in [-0.25, -0.2) is 0 Å². The van der Waals surface area contributed by atoms with E-state index in [0.717, 1.165) is 38.1 Å². The zero-order chi connectivity index (χ0) is 14.7. The van der Waals surface area contributed by atoms with Gasteiger partial charge in [-0.05, 0) is 49.9 Å². The highest BCUT2D eigenvalue weighted by atomic mass is 16.5. The van der Waals surface area contributed by atoms with Crippen molar-refractivity contribution < 1.29 is 9.53 Å². The van der Waals surface area contributed by atoms with Crippen molar-refractivity contribution in [2.45, 2.75) is 51.1 Å². The molecule has 2 fully saturated rings. The lowest BCUT2D eigenvalue weighted by atomic mass is 9.88. The first-order valence-corrected chi connectivity index (χ1v) is 8.17. The smallest absolute Gasteiger partial charge is 0.137 e. The maximum atomic E-state index is 12.1. The van der Waals surface area contributed by atoms with Gasteiger partial charge < -0.3 is 4.74 Å². The van der Waals surface area contributed by atoms with Gasteiger partial charge in [-0.1, -0.05) is 18.6 Å². The molecule has 0 N–H and O–H groups in total. The van der Waals surface area contributed by atoms with Gasteiger partial charge in [0.25, 0.3) is 0 Å². The van der Waals surface area contributed by atoms with E-state index in [4.69, 9.17) is 4.74 Å². The van der Waals surface area contributed by atoms with Crippen LogP contribution in [0.25, 0.3) is 0 Å². The molecule has 1 aliphatic carbocycles. The molecule has 2 aliphatic rings. The van der Waals surface area contributed by atoms with Crippen LogP contribution in [-0.4, -0.2) is 30.4 Å². The summed E-state index contributed by atoms with van der Waals surface area (Å²) in [6, 6.07) is 8.79. The van der Waals surface area contributed by atoms with Gasteiger partial charge in [-0.3, -0.25) is 9.69 Å². The minimum absolute atomic E-state index is 0.295. The minimum atomic E-state index is 0.295. The summed E-state index contributed by atoms with van der Waals surface area (Å²) in [7, 11) is 1.70. The Balaban J connectivity index is 1.70. The summed E-state index contributed by atoms with van der Waals surface area (Å²) in [5.74, 6) is 1.70. The lowest BCUT2D eigenvalue weighted by molar-refractivity contribution is -0.123. The van der Waals surface area contributed by atoms with Crippen LogP contribution in [-0.2, 0) is 11.3 Å². The van der Waals surface area contributed by atoms with Crippen LogP contribution in [0, 0.1) is 5.92 Å². The SMILES string of the molecule is COc1ccc(CN2CCCCC2C2CCCC2=O)cc1. The highest BCUT2D eigenvalue weighted by molar-refractivity contribution is 5.83. The normalized spacial score (nSPS) is 27.0. The van der Waals surface area contributed by atoms with E-state index in [-0.39, 0.29) is 0 Å². The van der Waals surface area contributed by atoms with Gasteiger partial charge in [-0.2, -0.15) is 0 Å². The fourth-order valence-electron chi connectivity index (χ4n) is 3.88. The number of ketones is 1. The second-order valence-corrected chi connectivity index (χ2v) is 6.35. The summed E-state index contributed by atoms with van der Waals surface area (Å²) >= 11 is 0. The van der Waals surface area contributed by atoms with E-state index < -0.39 is 0 Å². The Kier molecular flexibility index (Phi) is 4.59. The van der Waals surface area contributed by atoms with E-state index >= 15 is 0 Å². The summed E-state index contributed by atoms with van der Waals surface area (Å²) in [5.41, 5.74) is 1.31. The van der Waals surface area contributed by atoms with Crippen molar-refractivity contribution >= 4 is 5.78 Å². The minimum Gasteiger partial charge on any atom is -0.497 e. The third kappa shape index (κ3) is 3.29. The number of hydrogen-bond donors (Lipinski definition) is 0. The Morgan fingerprint density at radius 3 is 2.62 bits per heavy atom. The Morgan fingerprint density at radius 2 is 1.95 bits per heavy atom. The maximum absolute atomic E-state index is 12.1. The molecule has 21 heavy (non-hydrogen) atoms. The zero-order valence-electron chi connectivity index (χ0n) is 12.9. The number of methoxy groups -OCH3 is 1. The van der Waals surface area contributed by atoms with Gasteiger partial charge in [0.05, 0.1) is 7.11 Å². The van der Waals surface area contributed by atoms with Gasteiger partial charge in [0.1, 0.15) is 11.5 Å². The lowest BCUT2D eigenvalue weighted by Crippen LogP contribution is -2.44. The van der Waals surface area contributed by atoms with Crippen LogP contribution < -0.4 is 4.74 Å². The molecule has 1 saturated heterocycles. The molecule has 1 aliphatic heterocycles. The topological polar surface area (TPSA) is 29.5 Å². The Morgan fingerprint density at radius 1 is 1.14 bits per heavy atom. The van der Waals surface area contributed by atoms with Crippen LogP contribution >= 0.6 is 0 Å². The van der Waals surface area contributed by atoms with Crippen molar-refractivity contribution in [2.24, 2.45) is 5.92 Å². The number of rotatable bonds is 4. The van der Waals surface area contributed by atoms with E-state index in [0.29, 0.717) is 17.7 Å². The Hall–Kier alpha value is -1.35. The molecule has 1 aromatic rings. The number of likely N-dealkylation sites (tertiary alicyclic amines) is 1. The number of Topliss-reactive ketones (excluding diaryl/α,β-unsaturated/α-hetero) is 1. The molecule has 114 valence electrons. The van der Waals surface area contributed by atoms with Crippen LogP contribution in [0.4, 0.5) is 0 Å². The average Bonchev–Trinajstić information content (AvgIpc) is 2.95. The molecule has 0 spiro atoms. The molecule has 0 bridgehead atoms. The number of piperidine rings is 1. The molecule has 0 aromatic heterocycles. The molecular weight excluding hydrogens is 262 g/mol. The van der Waals surface area contributed by atoms with Crippen molar-refractivity contribution in [1.82, 2.24) is 4.90 Å². The zero-order valence-corrected chi connectivity index (χ0v) is 12.9. The molecule has 0 radical (unpaired) electrons. The molecule has 2 unspecified atom stereocenters. The number of nitrogens with zero attached hydrogens (tertiary/aromatic N) is 1. The van der Waals surface area contributed by atoms with Crippen molar-refractivity contribution in [2.75, 3.05) is 13.7 Å². The highest BCUT2D eigenvalue weighted by Gasteiger charge is 2.36. The standard InChI is InChI=1S/C18H25NO2/c1-21-15-10-8-14(9-11-15)13-19-12-3-2-6-17(19)16-5-4-7-18(16)20/h8-11,16-17H,2-7,12-13H2,1H3. The van der Waals surface area contributed by atoms with Crippen molar-refractivity contribution in [1.29, 1.82) is 0 Å². The monoisotopic (exact) mass is 287 g/mol. The largest absolute Gasteiger partial charge is 0.497 e. The van der Waals surface area contributed by atoms with Crippen LogP contribution in [0.3, 0.4) is 0 Å². The molecule has 3 heteroatoms. The number of carbonyl (C=O) groups excluding carboxylic acids is 1. The van der Waals surface area contributed by atoms with Crippen molar-refractivity contribution in [3.05, 3.63) is 29.8 Å². The van der Waals surface area contributed by atoms with Gasteiger partial charge in [0.15, 0.2) is 0 Å². The second-order valence-electron chi connectivity index (χ2n) is 6.35. The summed E-state index contributed by atoms with van der Waals surface area (Å²) in [5, 5.41) is 0. The van der Waals surface area contributed by atoms with E-state index in [2.05, 4.69) is 17.0 Å². The van der Waals surface area contributed by atoms with Crippen LogP contribution in [0.1, 0.15) is 44.1 Å². The number of carbonyl (C=O) groups is 1. The van der Waals surface area contributed by atoms with Crippen LogP contribution in [0.5, 0.6) is 5.75 Å². The van der Waals surface area contributed by atoms with Crippen molar-refractivity contribution in [3.8, 4) is 5.75 Å². The number of hydrogen-bond acceptors (Lipinski definition) is 3. The molecular formula is C18H25NO2. The summed E-state index contributed by atoms with van der Waals surface area (Å²) in [6.07, 6.45) is 6.71. The molecule has 0 amide bonds. The average molecular weight is 287 g/mol. The van der Waals surface area contributed by atoms with Gasteiger partial charge >= 0.3 is 0 Å². The Bertz CT molecular complexity index is 482. The first-order chi connectivity index (χ1) is 10.3. The van der Waals surface area contributed by atoms with Crippen LogP contribution in [0.15, 0.2) is 24.3 Å². The van der Waals surface area contributed by atoms with Gasteiger partial charge in [-0.15, -0.1) is 0 Å². The maximum Gasteiger partial charge on any atom is 0.137 e. The summed E-state index contributed by atoms with van der Waals surface area (Å²) in [6.45, 7) is 2.08. The first kappa shape index (κ1) is 14.6. The molecule has 3 rings (SSSR count). The van der Waals surface area contributed by atoms with Gasteiger partial charge in [0.2, 0.25) is 0 Å². The predicted molar refractivity (Wildman–Crippen MR) is 83.4 cm³/mol. The fraction of sp³-hybridized carbons (Fsp3) is 0.611. The molecule has 1 saturated carbocycles. The summed E-state index contributed by atoms with van der Waals surface area (Å²) < 4.78 is 5.22. The van der Waals surface area contributed by atoms with E-state index in [1.54, 1.807) is 7.11 Å². The van der Waals surface area contributed by atoms with Crippen LogP contribution in [0.2, 0.25) is 0 Å². The lowest BCUT2D eigenvalue weighted by Gasteiger charge is -2.38. The van der Waals surface area contributed by atoms with E-state index in [1.165, 1.54) is 24.8 Å². The molecule has 2 atom stereocenters. The predicted octanol–water partition coefficient (Wildman–Crippen LogP) is 3.42. The quantitative estimate of drug-likeness (QED) is 0.850. The summed E-state index contributed by atoms with van der Waals surface area (Å²) in [4.78, 5) is 14.7. The molecule has 1 aromatic carbocycles. The fourth-order valence-corrected chi connectivity index (χ4v) is 3.88. The third-order valence-electron chi connectivity index (χ3n) is 5.03. The number of benzene rings is 1. The third-order valence-corrected chi connectivity index (χ3v) is 5.03. The highest BCUT2D eigenvalue weighted by Crippen LogP contribution is 2.33. The molecule has 1 heterocycles. The Labute approximate surface area is 127 Å². The van der Waals surface area contributed by atoms with E-state index in [1.807, 2.05) is 12.1 Å². The second kappa shape index (κ2) is 6.61. The van der Waals surface area contributed by atoms with Gasteiger partial charge in [0, 0.05) is 24.9 Å². The van der Waals surface area contributed by atoms with Crippen molar-refractivity contribution in [3.63, 3.8) is 0 Å².